The molecule has 0 radical (unpaired) electrons. The lowest BCUT2D eigenvalue weighted by molar-refractivity contribution is -0.143. The Morgan fingerprint density at radius 3 is 2.61 bits per heavy atom. The molecule has 1 aromatic carbocycles. The van der Waals surface area contributed by atoms with Gasteiger partial charge in [-0.25, -0.2) is 0 Å². The predicted molar refractivity (Wildman–Crippen MR) is 71.7 cm³/mol. The summed E-state index contributed by atoms with van der Waals surface area (Å²) in [7, 11) is 0. The first kappa shape index (κ1) is 13.1. The Morgan fingerprint density at radius 2 is 2.00 bits per heavy atom. The van der Waals surface area contributed by atoms with Gasteiger partial charge in [0.1, 0.15) is 6.04 Å². The van der Waals surface area contributed by atoms with Crippen molar-refractivity contribution in [1.82, 2.24) is 4.90 Å². The van der Waals surface area contributed by atoms with Crippen LogP contribution in [-0.2, 0) is 11.2 Å². The molecule has 0 amide bonds. The van der Waals surface area contributed by atoms with E-state index in [1.54, 1.807) is 0 Å². The smallest absolute Gasteiger partial charge is 0.320 e. The van der Waals surface area contributed by atoms with E-state index in [1.165, 1.54) is 11.1 Å². The standard InChI is InChI=1S/C15H21NO2/c1-12-6-2-3-7-13(12)8-9-14(15(17)18)16-10-4-5-11-16/h2-3,6-7,14H,4-5,8-11H2,1H3,(H,17,18). The molecule has 1 unspecified atom stereocenters. The second-order valence-corrected chi connectivity index (χ2v) is 5.06. The summed E-state index contributed by atoms with van der Waals surface area (Å²) in [5.74, 6) is -0.675. The Bertz CT molecular complexity index is 411. The van der Waals surface area contributed by atoms with Crippen molar-refractivity contribution in [3.63, 3.8) is 0 Å². The lowest BCUT2D eigenvalue weighted by atomic mass is 10.0. The van der Waals surface area contributed by atoms with E-state index < -0.39 is 5.97 Å². The zero-order valence-corrected chi connectivity index (χ0v) is 10.9. The molecule has 0 bridgehead atoms. The van der Waals surface area contributed by atoms with E-state index in [4.69, 9.17) is 0 Å². The summed E-state index contributed by atoms with van der Waals surface area (Å²) in [6.07, 6.45) is 3.82. The van der Waals surface area contributed by atoms with Crippen LogP contribution in [0, 0.1) is 6.92 Å². The van der Waals surface area contributed by atoms with E-state index in [0.717, 1.165) is 32.4 Å². The van der Waals surface area contributed by atoms with E-state index >= 15 is 0 Å². The molecule has 1 fully saturated rings. The fourth-order valence-electron chi connectivity index (χ4n) is 2.70. The molecular formula is C15H21NO2. The van der Waals surface area contributed by atoms with E-state index in [-0.39, 0.29) is 6.04 Å². The Labute approximate surface area is 108 Å². The van der Waals surface area contributed by atoms with Crippen LogP contribution in [0.5, 0.6) is 0 Å². The number of rotatable bonds is 5. The van der Waals surface area contributed by atoms with Gasteiger partial charge in [-0.05, 0) is 56.8 Å². The Hall–Kier alpha value is -1.35. The highest BCUT2D eigenvalue weighted by molar-refractivity contribution is 5.73. The third-order valence-electron chi connectivity index (χ3n) is 3.81. The molecule has 1 atom stereocenters. The van der Waals surface area contributed by atoms with Gasteiger partial charge in [-0.15, -0.1) is 0 Å². The number of nitrogens with zero attached hydrogens (tertiary/aromatic N) is 1. The highest BCUT2D eigenvalue weighted by Crippen LogP contribution is 2.18. The van der Waals surface area contributed by atoms with Crippen molar-refractivity contribution in [3.05, 3.63) is 35.4 Å². The van der Waals surface area contributed by atoms with Crippen molar-refractivity contribution >= 4 is 5.97 Å². The maximum Gasteiger partial charge on any atom is 0.320 e. The van der Waals surface area contributed by atoms with Gasteiger partial charge < -0.3 is 5.11 Å². The maximum absolute atomic E-state index is 11.4. The first-order valence-corrected chi connectivity index (χ1v) is 6.70. The van der Waals surface area contributed by atoms with E-state index in [2.05, 4.69) is 24.0 Å². The number of hydrogen-bond donors (Lipinski definition) is 1. The first-order valence-electron chi connectivity index (χ1n) is 6.70. The second kappa shape index (κ2) is 6.01. The highest BCUT2D eigenvalue weighted by atomic mass is 16.4. The minimum atomic E-state index is -0.675. The summed E-state index contributed by atoms with van der Waals surface area (Å²) in [6, 6.07) is 7.91. The van der Waals surface area contributed by atoms with Gasteiger partial charge in [0.15, 0.2) is 0 Å². The fourth-order valence-corrected chi connectivity index (χ4v) is 2.70. The molecule has 0 spiro atoms. The molecule has 1 N–H and O–H groups in total. The molecule has 1 aliphatic heterocycles. The van der Waals surface area contributed by atoms with Crippen LogP contribution in [-0.4, -0.2) is 35.1 Å². The second-order valence-electron chi connectivity index (χ2n) is 5.06. The SMILES string of the molecule is Cc1ccccc1CCC(C(=O)O)N1CCCC1. The number of carboxylic acid groups (broad SMARTS) is 1. The minimum absolute atomic E-state index is 0.313. The van der Waals surface area contributed by atoms with Gasteiger partial charge in [-0.3, -0.25) is 9.69 Å². The van der Waals surface area contributed by atoms with Crippen molar-refractivity contribution in [2.75, 3.05) is 13.1 Å². The maximum atomic E-state index is 11.4. The lowest BCUT2D eigenvalue weighted by Crippen LogP contribution is -2.39. The largest absolute Gasteiger partial charge is 0.480 e. The Morgan fingerprint density at radius 1 is 1.33 bits per heavy atom. The van der Waals surface area contributed by atoms with Crippen LogP contribution in [0.1, 0.15) is 30.4 Å². The molecule has 0 aliphatic carbocycles. The molecule has 1 aliphatic rings. The number of carbonyl (C=O) groups is 1. The lowest BCUT2D eigenvalue weighted by Gasteiger charge is -2.23. The number of benzene rings is 1. The van der Waals surface area contributed by atoms with Gasteiger partial charge in [-0.1, -0.05) is 24.3 Å². The van der Waals surface area contributed by atoms with Crippen molar-refractivity contribution in [2.24, 2.45) is 0 Å². The van der Waals surface area contributed by atoms with E-state index in [9.17, 15) is 9.90 Å². The van der Waals surface area contributed by atoms with Gasteiger partial charge in [0, 0.05) is 0 Å². The Kier molecular flexibility index (Phi) is 4.37. The number of aliphatic carboxylic acids is 1. The summed E-state index contributed by atoms with van der Waals surface area (Å²) in [5.41, 5.74) is 2.52. The molecular weight excluding hydrogens is 226 g/mol. The fraction of sp³-hybridized carbons (Fsp3) is 0.533. The van der Waals surface area contributed by atoms with E-state index in [0.29, 0.717) is 6.42 Å². The predicted octanol–water partition coefficient (Wildman–Crippen LogP) is 2.48. The average molecular weight is 247 g/mol. The summed E-state index contributed by atoms with van der Waals surface area (Å²) < 4.78 is 0. The van der Waals surface area contributed by atoms with Crippen molar-refractivity contribution in [2.45, 2.75) is 38.6 Å². The summed E-state index contributed by atoms with van der Waals surface area (Å²) in [6.45, 7) is 3.95. The molecule has 98 valence electrons. The van der Waals surface area contributed by atoms with Gasteiger partial charge in [0.2, 0.25) is 0 Å². The summed E-state index contributed by atoms with van der Waals surface area (Å²) in [4.78, 5) is 13.5. The molecule has 2 rings (SSSR count). The number of aryl methyl sites for hydroxylation is 2. The third-order valence-corrected chi connectivity index (χ3v) is 3.81. The normalized spacial score (nSPS) is 17.8. The van der Waals surface area contributed by atoms with Crippen molar-refractivity contribution in [3.8, 4) is 0 Å². The van der Waals surface area contributed by atoms with Gasteiger partial charge in [0.05, 0.1) is 0 Å². The molecule has 1 saturated heterocycles. The van der Waals surface area contributed by atoms with Crippen molar-refractivity contribution in [1.29, 1.82) is 0 Å². The number of likely N-dealkylation sites (tertiary alicyclic amines) is 1. The molecule has 1 aromatic rings. The Balaban J connectivity index is 1.97. The topological polar surface area (TPSA) is 40.5 Å². The quantitative estimate of drug-likeness (QED) is 0.869. The van der Waals surface area contributed by atoms with Gasteiger partial charge >= 0.3 is 5.97 Å². The van der Waals surface area contributed by atoms with Crippen molar-refractivity contribution < 1.29 is 9.90 Å². The van der Waals surface area contributed by atoms with Crippen LogP contribution in [0.4, 0.5) is 0 Å². The first-order chi connectivity index (χ1) is 8.68. The molecule has 0 aromatic heterocycles. The molecule has 18 heavy (non-hydrogen) atoms. The van der Waals surface area contributed by atoms with Gasteiger partial charge in [0.25, 0.3) is 0 Å². The van der Waals surface area contributed by atoms with Gasteiger partial charge in [-0.2, -0.15) is 0 Å². The van der Waals surface area contributed by atoms with Crippen LogP contribution in [0.25, 0.3) is 0 Å². The monoisotopic (exact) mass is 247 g/mol. The van der Waals surface area contributed by atoms with Crippen LogP contribution in [0.15, 0.2) is 24.3 Å². The van der Waals surface area contributed by atoms with Crippen LogP contribution < -0.4 is 0 Å². The highest BCUT2D eigenvalue weighted by Gasteiger charge is 2.27. The summed E-state index contributed by atoms with van der Waals surface area (Å²) >= 11 is 0. The molecule has 1 heterocycles. The average Bonchev–Trinajstić information content (AvgIpc) is 2.85. The van der Waals surface area contributed by atoms with E-state index in [1.807, 2.05) is 12.1 Å². The number of carboxylic acids is 1. The number of hydrogen-bond acceptors (Lipinski definition) is 2. The van der Waals surface area contributed by atoms with Crippen LogP contribution in [0.3, 0.4) is 0 Å². The minimum Gasteiger partial charge on any atom is -0.480 e. The molecule has 3 nitrogen and oxygen atoms in total. The molecule has 0 saturated carbocycles. The molecule has 3 heteroatoms. The van der Waals surface area contributed by atoms with Crippen LogP contribution >= 0.6 is 0 Å². The zero-order chi connectivity index (χ0) is 13.0. The summed E-state index contributed by atoms with van der Waals surface area (Å²) in [5, 5.41) is 9.34. The zero-order valence-electron chi connectivity index (χ0n) is 10.9. The third kappa shape index (κ3) is 3.10. The van der Waals surface area contributed by atoms with Crippen LogP contribution in [0.2, 0.25) is 0 Å².